The molecular formula is C18H15N5O. The third kappa shape index (κ3) is 2.65. The summed E-state index contributed by atoms with van der Waals surface area (Å²) in [5, 5.41) is 12.8. The molecule has 2 aromatic carbocycles. The van der Waals surface area contributed by atoms with E-state index in [0.717, 1.165) is 22.4 Å². The first kappa shape index (κ1) is 14.2. The van der Waals surface area contributed by atoms with Gasteiger partial charge in [0.05, 0.1) is 6.54 Å². The minimum absolute atomic E-state index is 0.224. The molecule has 6 nitrogen and oxygen atoms in total. The van der Waals surface area contributed by atoms with Gasteiger partial charge in [0.25, 0.3) is 0 Å². The highest BCUT2D eigenvalue weighted by molar-refractivity contribution is 5.91. The number of aliphatic imine (C=N–C) groups is 1. The molecule has 0 amide bonds. The third-order valence-corrected chi connectivity index (χ3v) is 3.89. The molecule has 0 spiro atoms. The van der Waals surface area contributed by atoms with E-state index in [1.165, 1.54) is 5.56 Å². The second-order valence-electron chi connectivity index (χ2n) is 5.53. The first-order chi connectivity index (χ1) is 11.7. The first-order valence-corrected chi connectivity index (χ1v) is 7.51. The lowest BCUT2D eigenvalue weighted by atomic mass is 9.96. The van der Waals surface area contributed by atoms with E-state index in [-0.39, 0.29) is 11.7 Å². The monoisotopic (exact) mass is 317 g/mol. The van der Waals surface area contributed by atoms with E-state index in [9.17, 15) is 5.11 Å². The molecule has 0 unspecified atom stereocenters. The highest BCUT2D eigenvalue weighted by atomic mass is 16.3. The van der Waals surface area contributed by atoms with Crippen LogP contribution in [0.3, 0.4) is 0 Å². The summed E-state index contributed by atoms with van der Waals surface area (Å²) in [6.07, 6.45) is 3.49. The van der Waals surface area contributed by atoms with Crippen LogP contribution in [0.5, 0.6) is 5.75 Å². The van der Waals surface area contributed by atoms with E-state index < -0.39 is 0 Å². The van der Waals surface area contributed by atoms with Crippen LogP contribution >= 0.6 is 0 Å². The molecule has 0 radical (unpaired) electrons. The maximum absolute atomic E-state index is 9.51. The smallest absolute Gasteiger partial charge is 0.221 e. The average molecular weight is 317 g/mol. The van der Waals surface area contributed by atoms with Gasteiger partial charge in [0.2, 0.25) is 5.95 Å². The van der Waals surface area contributed by atoms with Crippen molar-refractivity contribution in [3.05, 3.63) is 59.8 Å². The molecule has 1 aliphatic rings. The minimum atomic E-state index is 0.224. The van der Waals surface area contributed by atoms with Crippen LogP contribution in [0.4, 0.5) is 17.5 Å². The van der Waals surface area contributed by atoms with Crippen molar-refractivity contribution in [1.29, 1.82) is 0 Å². The van der Waals surface area contributed by atoms with Gasteiger partial charge in [0.15, 0.2) is 0 Å². The standard InChI is InChI=1S/C18H15N5O/c19-18-21-6-5-17(23-18)22-13-7-12-9-20-10-16(12)15(8-13)11-1-3-14(24)4-2-11/h1-9,24H,10H2,(H3,19,21,22,23). The number of phenols is 1. The summed E-state index contributed by atoms with van der Waals surface area (Å²) >= 11 is 0. The zero-order chi connectivity index (χ0) is 16.5. The number of fused-ring (bicyclic) bond motifs is 1. The number of nitrogens with one attached hydrogen (secondary N) is 1. The van der Waals surface area contributed by atoms with E-state index >= 15 is 0 Å². The van der Waals surface area contributed by atoms with Gasteiger partial charge in [-0.05, 0) is 47.0 Å². The van der Waals surface area contributed by atoms with Gasteiger partial charge in [0.1, 0.15) is 11.6 Å². The summed E-state index contributed by atoms with van der Waals surface area (Å²) in [6.45, 7) is 0.659. The Hall–Kier alpha value is -3.41. The van der Waals surface area contributed by atoms with E-state index in [1.54, 1.807) is 24.4 Å². The normalized spacial score (nSPS) is 12.2. The molecule has 6 heteroatoms. The quantitative estimate of drug-likeness (QED) is 0.689. The predicted octanol–water partition coefficient (Wildman–Crippen LogP) is 3.11. The van der Waals surface area contributed by atoms with Crippen LogP contribution in [0, 0.1) is 0 Å². The molecule has 2 heterocycles. The lowest BCUT2D eigenvalue weighted by molar-refractivity contribution is 0.475. The number of benzene rings is 2. The number of anilines is 3. The van der Waals surface area contributed by atoms with Crippen LogP contribution in [-0.2, 0) is 6.54 Å². The number of hydrogen-bond donors (Lipinski definition) is 3. The topological polar surface area (TPSA) is 96.4 Å². The maximum Gasteiger partial charge on any atom is 0.221 e. The molecule has 24 heavy (non-hydrogen) atoms. The second-order valence-corrected chi connectivity index (χ2v) is 5.53. The van der Waals surface area contributed by atoms with Crippen LogP contribution in [0.1, 0.15) is 11.1 Å². The molecule has 118 valence electrons. The van der Waals surface area contributed by atoms with Gasteiger partial charge in [-0.1, -0.05) is 12.1 Å². The molecule has 1 aliphatic heterocycles. The summed E-state index contributed by atoms with van der Waals surface area (Å²) in [4.78, 5) is 12.4. The van der Waals surface area contributed by atoms with Crippen molar-refractivity contribution >= 4 is 23.7 Å². The SMILES string of the molecule is Nc1nccc(Nc2cc3c(c(-c4ccc(O)cc4)c2)CN=C3)n1. The van der Waals surface area contributed by atoms with Crippen molar-refractivity contribution in [2.75, 3.05) is 11.1 Å². The van der Waals surface area contributed by atoms with Crippen molar-refractivity contribution in [2.24, 2.45) is 4.99 Å². The van der Waals surface area contributed by atoms with Crippen molar-refractivity contribution in [2.45, 2.75) is 6.54 Å². The number of aromatic hydroxyl groups is 1. The van der Waals surface area contributed by atoms with E-state index in [4.69, 9.17) is 5.73 Å². The Labute approximate surface area is 138 Å². The molecule has 0 saturated carbocycles. The molecule has 0 atom stereocenters. The molecule has 1 aromatic heterocycles. The van der Waals surface area contributed by atoms with Gasteiger partial charge in [0, 0.05) is 23.7 Å². The number of nitrogens with two attached hydrogens (primary N) is 1. The van der Waals surface area contributed by atoms with Crippen LogP contribution in [0.2, 0.25) is 0 Å². The van der Waals surface area contributed by atoms with Crippen molar-refractivity contribution in [3.63, 3.8) is 0 Å². The largest absolute Gasteiger partial charge is 0.508 e. The van der Waals surface area contributed by atoms with Crippen molar-refractivity contribution in [3.8, 4) is 16.9 Å². The fraction of sp³-hybridized carbons (Fsp3) is 0.0556. The van der Waals surface area contributed by atoms with Gasteiger partial charge in [-0.25, -0.2) is 4.98 Å². The molecule has 0 saturated heterocycles. The van der Waals surface area contributed by atoms with Crippen molar-refractivity contribution in [1.82, 2.24) is 9.97 Å². The van der Waals surface area contributed by atoms with Crippen LogP contribution in [0.15, 0.2) is 53.7 Å². The summed E-state index contributed by atoms with van der Waals surface area (Å²) in [5.41, 5.74) is 10.9. The number of nitrogen functional groups attached to an aromatic ring is 1. The van der Waals surface area contributed by atoms with Gasteiger partial charge >= 0.3 is 0 Å². The molecule has 4 rings (SSSR count). The molecular weight excluding hydrogens is 302 g/mol. The van der Waals surface area contributed by atoms with E-state index in [1.807, 2.05) is 24.4 Å². The molecule has 3 aromatic rings. The van der Waals surface area contributed by atoms with Crippen LogP contribution in [0.25, 0.3) is 11.1 Å². The molecule has 0 aliphatic carbocycles. The van der Waals surface area contributed by atoms with E-state index in [2.05, 4.69) is 26.3 Å². The van der Waals surface area contributed by atoms with Crippen LogP contribution in [-0.4, -0.2) is 21.3 Å². The summed E-state index contributed by atoms with van der Waals surface area (Å²) < 4.78 is 0. The number of aromatic nitrogens is 2. The Morgan fingerprint density at radius 2 is 1.92 bits per heavy atom. The Morgan fingerprint density at radius 3 is 2.71 bits per heavy atom. The highest BCUT2D eigenvalue weighted by Crippen LogP contribution is 2.33. The Kier molecular flexibility index (Phi) is 3.35. The Balaban J connectivity index is 1.77. The summed E-state index contributed by atoms with van der Waals surface area (Å²) in [7, 11) is 0. The summed E-state index contributed by atoms with van der Waals surface area (Å²) in [5.74, 6) is 1.10. The van der Waals surface area contributed by atoms with Gasteiger partial charge < -0.3 is 16.2 Å². The molecule has 0 fully saturated rings. The number of rotatable bonds is 3. The van der Waals surface area contributed by atoms with Gasteiger partial charge in [-0.3, -0.25) is 4.99 Å². The fourth-order valence-corrected chi connectivity index (χ4v) is 2.78. The second kappa shape index (κ2) is 5.66. The van der Waals surface area contributed by atoms with E-state index in [0.29, 0.717) is 12.4 Å². The van der Waals surface area contributed by atoms with Gasteiger partial charge in [-0.2, -0.15) is 4.98 Å². The summed E-state index contributed by atoms with van der Waals surface area (Å²) in [6, 6.07) is 13.0. The third-order valence-electron chi connectivity index (χ3n) is 3.89. The number of phenolic OH excluding ortho intramolecular Hbond substituents is 1. The highest BCUT2D eigenvalue weighted by Gasteiger charge is 2.15. The number of hydrogen-bond acceptors (Lipinski definition) is 6. The lowest BCUT2D eigenvalue weighted by Gasteiger charge is -2.13. The number of nitrogens with zero attached hydrogens (tertiary/aromatic N) is 3. The zero-order valence-corrected chi connectivity index (χ0v) is 12.8. The molecule has 0 bridgehead atoms. The van der Waals surface area contributed by atoms with Crippen molar-refractivity contribution < 1.29 is 5.11 Å². The average Bonchev–Trinajstić information content (AvgIpc) is 3.03. The van der Waals surface area contributed by atoms with Gasteiger partial charge in [-0.15, -0.1) is 0 Å². The molecule has 4 N–H and O–H groups in total. The predicted molar refractivity (Wildman–Crippen MR) is 94.6 cm³/mol. The first-order valence-electron chi connectivity index (χ1n) is 7.51. The zero-order valence-electron chi connectivity index (χ0n) is 12.8. The lowest BCUT2D eigenvalue weighted by Crippen LogP contribution is -2.00. The Bertz CT molecular complexity index is 935. The Morgan fingerprint density at radius 1 is 1.08 bits per heavy atom. The minimum Gasteiger partial charge on any atom is -0.508 e. The fourth-order valence-electron chi connectivity index (χ4n) is 2.78. The van der Waals surface area contributed by atoms with Crippen LogP contribution < -0.4 is 11.1 Å². The maximum atomic E-state index is 9.51.